The Morgan fingerprint density at radius 2 is 1.86 bits per heavy atom. The lowest BCUT2D eigenvalue weighted by Gasteiger charge is -1.97. The Morgan fingerprint density at radius 3 is 2.29 bits per heavy atom. The number of rotatable bonds is 3. The number of nitrogens with zero attached hydrogens (tertiary/aromatic N) is 2. The van der Waals surface area contributed by atoms with E-state index in [1.807, 2.05) is 6.92 Å². The Hall–Kier alpha value is -1.27. The van der Waals surface area contributed by atoms with Crippen molar-refractivity contribution in [1.82, 2.24) is 0 Å². The topological polar surface area (TPSA) is 84.9 Å². The van der Waals surface area contributed by atoms with E-state index in [9.17, 15) is 8.42 Å². The molecule has 1 rings (SSSR count). The first-order chi connectivity index (χ1) is 6.54. The van der Waals surface area contributed by atoms with Crippen molar-refractivity contribution in [2.24, 2.45) is 15.4 Å². The number of hydrogen-bond acceptors (Lipinski definition) is 4. The van der Waals surface area contributed by atoms with Gasteiger partial charge in [0.1, 0.15) is 0 Å². The Labute approximate surface area is 82.7 Å². The third-order valence-corrected chi connectivity index (χ3v) is 2.42. The van der Waals surface area contributed by atoms with Gasteiger partial charge in [0.15, 0.2) is 0 Å². The monoisotopic (exact) mass is 213 g/mol. The normalized spacial score (nSPS) is 12.1. The van der Waals surface area contributed by atoms with Crippen molar-refractivity contribution in [2.45, 2.75) is 11.8 Å². The zero-order chi connectivity index (χ0) is 10.6. The maximum Gasteiger partial charge on any atom is 0.238 e. The number of hydrogen-bond donors (Lipinski definition) is 1. The van der Waals surface area contributed by atoms with E-state index in [-0.39, 0.29) is 4.90 Å². The maximum atomic E-state index is 10.9. The molecule has 2 N–H and O–H groups in total. The Bertz CT molecular complexity index is 422. The van der Waals surface area contributed by atoms with Gasteiger partial charge in [-0.15, -0.1) is 0 Å². The summed E-state index contributed by atoms with van der Waals surface area (Å²) in [4.78, 5) is 0.0768. The Morgan fingerprint density at radius 1 is 1.29 bits per heavy atom. The van der Waals surface area contributed by atoms with Crippen molar-refractivity contribution in [3.8, 4) is 0 Å². The fraction of sp³-hybridized carbons (Fsp3) is 0.250. The molecule has 5 nitrogen and oxygen atoms in total. The largest absolute Gasteiger partial charge is 0.238 e. The summed E-state index contributed by atoms with van der Waals surface area (Å²) in [5.41, 5.74) is 0.610. The Balaban J connectivity index is 2.95. The fourth-order valence-electron chi connectivity index (χ4n) is 0.855. The first-order valence-electron chi connectivity index (χ1n) is 4.04. The number of sulfonamides is 1. The second kappa shape index (κ2) is 4.30. The number of primary sulfonamides is 1. The van der Waals surface area contributed by atoms with Gasteiger partial charge >= 0.3 is 0 Å². The first-order valence-corrected chi connectivity index (χ1v) is 5.59. The quantitative estimate of drug-likeness (QED) is 0.770. The van der Waals surface area contributed by atoms with E-state index in [0.29, 0.717) is 12.2 Å². The minimum atomic E-state index is -3.61. The van der Waals surface area contributed by atoms with Gasteiger partial charge in [-0.3, -0.25) is 0 Å². The van der Waals surface area contributed by atoms with E-state index >= 15 is 0 Å². The van der Waals surface area contributed by atoms with Crippen LogP contribution in [-0.4, -0.2) is 15.0 Å². The van der Waals surface area contributed by atoms with Crippen LogP contribution in [0.25, 0.3) is 0 Å². The summed E-state index contributed by atoms with van der Waals surface area (Å²) in [5.74, 6) is 0. The van der Waals surface area contributed by atoms with Crippen LogP contribution in [0.4, 0.5) is 5.69 Å². The molecule has 0 unspecified atom stereocenters. The van der Waals surface area contributed by atoms with Crippen molar-refractivity contribution in [3.63, 3.8) is 0 Å². The summed E-state index contributed by atoms with van der Waals surface area (Å²) in [6.45, 7) is 2.46. The van der Waals surface area contributed by atoms with E-state index in [1.54, 1.807) is 12.1 Å². The smallest absolute Gasteiger partial charge is 0.225 e. The van der Waals surface area contributed by atoms with Crippen molar-refractivity contribution in [2.75, 3.05) is 6.54 Å². The van der Waals surface area contributed by atoms with Crippen molar-refractivity contribution in [1.29, 1.82) is 0 Å². The molecule has 0 aliphatic carbocycles. The first kappa shape index (κ1) is 10.8. The van der Waals surface area contributed by atoms with Gasteiger partial charge in [-0.2, -0.15) is 10.2 Å². The molecular formula is C8H11N3O2S. The standard InChI is InChI=1S/C8H11N3O2S/c1-2-10-11-7-3-5-8(6-4-7)14(9,12)13/h3-6H,2H2,1H3,(H2,9,12,13)/b11-10+. The van der Waals surface area contributed by atoms with Gasteiger partial charge in [0.05, 0.1) is 17.1 Å². The van der Waals surface area contributed by atoms with Crippen LogP contribution in [0, 0.1) is 0 Å². The summed E-state index contributed by atoms with van der Waals surface area (Å²) in [6, 6.07) is 5.91. The van der Waals surface area contributed by atoms with E-state index in [4.69, 9.17) is 5.14 Å². The van der Waals surface area contributed by atoms with Gasteiger partial charge in [-0.05, 0) is 31.2 Å². The molecule has 0 atom stereocenters. The molecule has 1 aromatic carbocycles. The SMILES string of the molecule is CC/N=N/c1ccc(S(N)(=O)=O)cc1. The second-order valence-electron chi connectivity index (χ2n) is 2.60. The van der Waals surface area contributed by atoms with Gasteiger partial charge in [0.25, 0.3) is 0 Å². The fourth-order valence-corrected chi connectivity index (χ4v) is 1.37. The summed E-state index contributed by atoms with van der Waals surface area (Å²) >= 11 is 0. The van der Waals surface area contributed by atoms with E-state index < -0.39 is 10.0 Å². The molecule has 0 bridgehead atoms. The highest BCUT2D eigenvalue weighted by Crippen LogP contribution is 2.15. The van der Waals surface area contributed by atoms with Gasteiger partial charge in [0.2, 0.25) is 10.0 Å². The molecule has 1 aromatic rings. The molecule has 0 spiro atoms. The molecule has 0 radical (unpaired) electrons. The van der Waals surface area contributed by atoms with Crippen LogP contribution in [-0.2, 0) is 10.0 Å². The predicted octanol–water partition coefficient (Wildman–Crippen LogP) is 1.44. The summed E-state index contributed by atoms with van der Waals surface area (Å²) < 4.78 is 21.8. The predicted molar refractivity (Wildman–Crippen MR) is 52.9 cm³/mol. The van der Waals surface area contributed by atoms with Crippen LogP contribution >= 0.6 is 0 Å². The summed E-state index contributed by atoms with van der Waals surface area (Å²) in [5, 5.41) is 12.5. The van der Waals surface area contributed by atoms with Crippen LogP contribution in [0.1, 0.15) is 6.92 Å². The molecule has 0 fully saturated rings. The summed E-state index contributed by atoms with van der Waals surface area (Å²) in [6.07, 6.45) is 0. The molecule has 0 aliphatic heterocycles. The molecule has 0 saturated heterocycles. The molecule has 0 aromatic heterocycles. The van der Waals surface area contributed by atoms with E-state index in [0.717, 1.165) is 0 Å². The summed E-state index contributed by atoms with van der Waals surface area (Å²) in [7, 11) is -3.61. The third kappa shape index (κ3) is 2.90. The van der Waals surface area contributed by atoms with Crippen LogP contribution in [0.3, 0.4) is 0 Å². The molecule has 0 amide bonds. The van der Waals surface area contributed by atoms with Gasteiger partial charge in [-0.25, -0.2) is 13.6 Å². The number of nitrogens with two attached hydrogens (primary N) is 1. The molecule has 6 heteroatoms. The third-order valence-electron chi connectivity index (χ3n) is 1.49. The second-order valence-corrected chi connectivity index (χ2v) is 4.16. The molecule has 76 valence electrons. The van der Waals surface area contributed by atoms with Crippen LogP contribution in [0.5, 0.6) is 0 Å². The van der Waals surface area contributed by atoms with Crippen LogP contribution in [0.15, 0.2) is 39.4 Å². The van der Waals surface area contributed by atoms with Gasteiger partial charge < -0.3 is 0 Å². The van der Waals surface area contributed by atoms with Gasteiger partial charge in [-0.1, -0.05) is 0 Å². The van der Waals surface area contributed by atoms with Crippen LogP contribution < -0.4 is 5.14 Å². The van der Waals surface area contributed by atoms with Crippen molar-refractivity contribution < 1.29 is 8.42 Å². The van der Waals surface area contributed by atoms with Gasteiger partial charge in [0, 0.05) is 0 Å². The molecule has 0 heterocycles. The lowest BCUT2D eigenvalue weighted by Crippen LogP contribution is -2.11. The lowest BCUT2D eigenvalue weighted by atomic mass is 10.3. The molecular weight excluding hydrogens is 202 g/mol. The number of benzene rings is 1. The average Bonchev–Trinajstić information content (AvgIpc) is 2.14. The maximum absolute atomic E-state index is 10.9. The molecule has 14 heavy (non-hydrogen) atoms. The van der Waals surface area contributed by atoms with Crippen molar-refractivity contribution >= 4 is 15.7 Å². The average molecular weight is 213 g/mol. The van der Waals surface area contributed by atoms with Crippen molar-refractivity contribution in [3.05, 3.63) is 24.3 Å². The molecule has 0 aliphatic rings. The number of azo groups is 1. The highest BCUT2D eigenvalue weighted by Gasteiger charge is 2.05. The zero-order valence-electron chi connectivity index (χ0n) is 7.71. The van der Waals surface area contributed by atoms with E-state index in [2.05, 4.69) is 10.2 Å². The highest BCUT2D eigenvalue weighted by molar-refractivity contribution is 7.89. The minimum Gasteiger partial charge on any atom is -0.225 e. The van der Waals surface area contributed by atoms with Crippen LogP contribution in [0.2, 0.25) is 0 Å². The van der Waals surface area contributed by atoms with E-state index in [1.165, 1.54) is 12.1 Å². The lowest BCUT2D eigenvalue weighted by molar-refractivity contribution is 0.598. The Kier molecular flexibility index (Phi) is 3.32. The highest BCUT2D eigenvalue weighted by atomic mass is 32.2. The zero-order valence-corrected chi connectivity index (χ0v) is 8.53. The molecule has 0 saturated carbocycles. The minimum absolute atomic E-state index is 0.0768.